The maximum absolute atomic E-state index is 11.1. The van der Waals surface area contributed by atoms with Crippen molar-refractivity contribution in [2.45, 2.75) is 50.1 Å². The minimum atomic E-state index is -3.58. The van der Waals surface area contributed by atoms with Crippen LogP contribution in [0.25, 0.3) is 0 Å². The van der Waals surface area contributed by atoms with Crippen LogP contribution in [0.5, 0.6) is 0 Å². The maximum Gasteiger partial charge on any atom is 0.238 e. The number of primary sulfonamides is 1. The van der Waals surface area contributed by atoms with Gasteiger partial charge in [0.25, 0.3) is 0 Å². The van der Waals surface area contributed by atoms with Crippen LogP contribution in [0.15, 0.2) is 29.2 Å². The Kier molecular flexibility index (Phi) is 4.60. The second-order valence-electron chi connectivity index (χ2n) is 5.53. The zero-order chi connectivity index (χ0) is 13.9. The van der Waals surface area contributed by atoms with E-state index < -0.39 is 10.0 Å². The SMILES string of the molecule is CC1CCC(NCc2ccc(S(N)(=O)=O)cc2)CC1. The Morgan fingerprint density at radius 1 is 1.16 bits per heavy atom. The van der Waals surface area contributed by atoms with Crippen molar-refractivity contribution in [1.82, 2.24) is 5.32 Å². The zero-order valence-corrected chi connectivity index (χ0v) is 12.1. The Morgan fingerprint density at radius 2 is 1.74 bits per heavy atom. The molecule has 5 heteroatoms. The quantitative estimate of drug-likeness (QED) is 0.887. The minimum Gasteiger partial charge on any atom is -0.310 e. The number of nitrogens with one attached hydrogen (secondary N) is 1. The van der Waals surface area contributed by atoms with E-state index in [1.807, 2.05) is 12.1 Å². The van der Waals surface area contributed by atoms with E-state index in [-0.39, 0.29) is 4.90 Å². The van der Waals surface area contributed by atoms with Gasteiger partial charge in [0.1, 0.15) is 0 Å². The minimum absolute atomic E-state index is 0.169. The van der Waals surface area contributed by atoms with Gasteiger partial charge in [0.2, 0.25) is 10.0 Å². The number of rotatable bonds is 4. The molecule has 1 aliphatic rings. The normalized spacial score (nSPS) is 24.3. The van der Waals surface area contributed by atoms with E-state index in [0.29, 0.717) is 6.04 Å². The average molecular weight is 282 g/mol. The molecule has 1 aromatic carbocycles. The lowest BCUT2D eigenvalue weighted by atomic mass is 9.87. The number of sulfonamides is 1. The number of hydrogen-bond donors (Lipinski definition) is 2. The summed E-state index contributed by atoms with van der Waals surface area (Å²) >= 11 is 0. The molecule has 0 atom stereocenters. The number of hydrogen-bond acceptors (Lipinski definition) is 3. The van der Waals surface area contributed by atoms with E-state index in [2.05, 4.69) is 12.2 Å². The van der Waals surface area contributed by atoms with Crippen LogP contribution in [-0.2, 0) is 16.6 Å². The highest BCUT2D eigenvalue weighted by Gasteiger charge is 2.17. The van der Waals surface area contributed by atoms with E-state index in [1.54, 1.807) is 12.1 Å². The fourth-order valence-electron chi connectivity index (χ4n) is 2.52. The topological polar surface area (TPSA) is 72.2 Å². The Bertz CT molecular complexity index is 503. The summed E-state index contributed by atoms with van der Waals surface area (Å²) < 4.78 is 22.3. The van der Waals surface area contributed by atoms with Crippen LogP contribution in [0.4, 0.5) is 0 Å². The molecular weight excluding hydrogens is 260 g/mol. The summed E-state index contributed by atoms with van der Waals surface area (Å²) in [5, 5.41) is 8.60. The Labute approximate surface area is 115 Å². The second-order valence-corrected chi connectivity index (χ2v) is 7.09. The highest BCUT2D eigenvalue weighted by molar-refractivity contribution is 7.89. The van der Waals surface area contributed by atoms with E-state index in [9.17, 15) is 8.42 Å². The number of benzene rings is 1. The first-order valence-corrected chi connectivity index (χ1v) is 8.35. The highest BCUT2D eigenvalue weighted by Crippen LogP contribution is 2.23. The van der Waals surface area contributed by atoms with Crippen LogP contribution >= 0.6 is 0 Å². The summed E-state index contributed by atoms with van der Waals surface area (Å²) in [5.74, 6) is 0.854. The van der Waals surface area contributed by atoms with Gasteiger partial charge in [-0.1, -0.05) is 19.1 Å². The van der Waals surface area contributed by atoms with Gasteiger partial charge in [-0.15, -0.1) is 0 Å². The van der Waals surface area contributed by atoms with Gasteiger partial charge in [-0.25, -0.2) is 13.6 Å². The summed E-state index contributed by atoms with van der Waals surface area (Å²) in [6.45, 7) is 3.09. The van der Waals surface area contributed by atoms with Gasteiger partial charge in [0.05, 0.1) is 4.90 Å². The molecule has 106 valence electrons. The Balaban J connectivity index is 1.87. The second kappa shape index (κ2) is 6.03. The molecule has 0 amide bonds. The van der Waals surface area contributed by atoms with Gasteiger partial charge in [0.15, 0.2) is 0 Å². The van der Waals surface area contributed by atoms with Crippen molar-refractivity contribution < 1.29 is 8.42 Å². The molecule has 0 bridgehead atoms. The van der Waals surface area contributed by atoms with E-state index in [4.69, 9.17) is 5.14 Å². The van der Waals surface area contributed by atoms with Crippen molar-refractivity contribution in [2.24, 2.45) is 11.1 Å². The van der Waals surface area contributed by atoms with Crippen molar-refractivity contribution in [3.63, 3.8) is 0 Å². The summed E-state index contributed by atoms with van der Waals surface area (Å²) in [7, 11) is -3.58. The van der Waals surface area contributed by atoms with Gasteiger partial charge in [-0.3, -0.25) is 0 Å². The molecule has 1 saturated carbocycles. The van der Waals surface area contributed by atoms with Crippen LogP contribution in [0.1, 0.15) is 38.2 Å². The van der Waals surface area contributed by atoms with Gasteiger partial charge >= 0.3 is 0 Å². The third-order valence-corrected chi connectivity index (χ3v) is 4.79. The number of nitrogens with two attached hydrogens (primary N) is 1. The molecule has 19 heavy (non-hydrogen) atoms. The first-order valence-electron chi connectivity index (χ1n) is 6.80. The van der Waals surface area contributed by atoms with Crippen LogP contribution in [-0.4, -0.2) is 14.5 Å². The molecule has 0 aromatic heterocycles. The molecule has 4 nitrogen and oxygen atoms in total. The van der Waals surface area contributed by atoms with E-state index in [1.165, 1.54) is 25.7 Å². The fourth-order valence-corrected chi connectivity index (χ4v) is 3.04. The van der Waals surface area contributed by atoms with Crippen LogP contribution in [0.2, 0.25) is 0 Å². The first-order chi connectivity index (χ1) is 8.95. The monoisotopic (exact) mass is 282 g/mol. The Hall–Kier alpha value is -0.910. The van der Waals surface area contributed by atoms with Gasteiger partial charge < -0.3 is 5.32 Å². The molecule has 1 aliphatic carbocycles. The largest absolute Gasteiger partial charge is 0.310 e. The summed E-state index contributed by atoms with van der Waals surface area (Å²) in [5.41, 5.74) is 1.09. The molecule has 0 saturated heterocycles. The van der Waals surface area contributed by atoms with Crippen LogP contribution < -0.4 is 10.5 Å². The zero-order valence-electron chi connectivity index (χ0n) is 11.3. The molecule has 2 rings (SSSR count). The molecule has 0 radical (unpaired) electrons. The molecular formula is C14H22N2O2S. The Morgan fingerprint density at radius 3 is 2.26 bits per heavy atom. The third-order valence-electron chi connectivity index (χ3n) is 3.86. The van der Waals surface area contributed by atoms with Crippen molar-refractivity contribution in [2.75, 3.05) is 0 Å². The summed E-state index contributed by atoms with van der Waals surface area (Å²) in [4.78, 5) is 0.169. The van der Waals surface area contributed by atoms with Crippen molar-refractivity contribution in [1.29, 1.82) is 0 Å². The van der Waals surface area contributed by atoms with E-state index >= 15 is 0 Å². The molecule has 3 N–H and O–H groups in total. The molecule has 1 fully saturated rings. The highest BCUT2D eigenvalue weighted by atomic mass is 32.2. The van der Waals surface area contributed by atoms with Gasteiger partial charge in [0, 0.05) is 12.6 Å². The summed E-state index contributed by atoms with van der Waals surface area (Å²) in [6, 6.07) is 7.36. The molecule has 1 aromatic rings. The van der Waals surface area contributed by atoms with Crippen molar-refractivity contribution in [3.8, 4) is 0 Å². The maximum atomic E-state index is 11.1. The first kappa shape index (κ1) is 14.5. The molecule has 0 heterocycles. The van der Waals surface area contributed by atoms with E-state index in [0.717, 1.165) is 18.0 Å². The predicted molar refractivity (Wildman–Crippen MR) is 76.1 cm³/mol. The third kappa shape index (κ3) is 4.30. The predicted octanol–water partition coefficient (Wildman–Crippen LogP) is 2.00. The molecule has 0 aliphatic heterocycles. The van der Waals surface area contributed by atoms with Gasteiger partial charge in [-0.2, -0.15) is 0 Å². The lowest BCUT2D eigenvalue weighted by Gasteiger charge is -2.27. The standard InChI is InChI=1S/C14H22N2O2S/c1-11-2-6-13(7-3-11)16-10-12-4-8-14(9-5-12)19(15,17)18/h4-5,8-9,11,13,16H,2-3,6-7,10H2,1H3,(H2,15,17,18). The van der Waals surface area contributed by atoms with Crippen LogP contribution in [0, 0.1) is 5.92 Å². The smallest absolute Gasteiger partial charge is 0.238 e. The van der Waals surface area contributed by atoms with Crippen LogP contribution in [0.3, 0.4) is 0 Å². The molecule has 0 spiro atoms. The molecule has 0 unspecified atom stereocenters. The lowest BCUT2D eigenvalue weighted by Crippen LogP contribution is -2.32. The van der Waals surface area contributed by atoms with Crippen molar-refractivity contribution in [3.05, 3.63) is 29.8 Å². The average Bonchev–Trinajstić information content (AvgIpc) is 2.37. The van der Waals surface area contributed by atoms with Crippen molar-refractivity contribution >= 4 is 10.0 Å². The fraction of sp³-hybridized carbons (Fsp3) is 0.571. The van der Waals surface area contributed by atoms with Gasteiger partial charge in [-0.05, 0) is 49.3 Å². The summed E-state index contributed by atoms with van der Waals surface area (Å²) in [6.07, 6.45) is 5.05. The lowest BCUT2D eigenvalue weighted by molar-refractivity contribution is 0.306.